The fourth-order valence-corrected chi connectivity index (χ4v) is 3.03. The molecule has 0 spiro atoms. The van der Waals surface area contributed by atoms with Crippen LogP contribution in [0.5, 0.6) is 0 Å². The molecular formula is C14H26N2. The zero-order valence-electron chi connectivity index (χ0n) is 10.9. The molecule has 1 unspecified atom stereocenters. The normalized spacial score (nSPS) is 26.5. The van der Waals surface area contributed by atoms with E-state index in [0.717, 1.165) is 0 Å². The Morgan fingerprint density at radius 2 is 1.62 bits per heavy atom. The number of allylic oxidation sites excluding steroid dienone is 1. The second kappa shape index (κ2) is 5.83. The fraction of sp³-hybridized carbons (Fsp3) is 0.857. The first-order valence-corrected chi connectivity index (χ1v) is 6.92. The zero-order chi connectivity index (χ0) is 11.4. The Bertz CT molecular complexity index is 235. The summed E-state index contributed by atoms with van der Waals surface area (Å²) in [6.07, 6.45) is 7.93. The molecule has 0 saturated carbocycles. The molecule has 2 heteroatoms. The molecule has 0 radical (unpaired) electrons. The van der Waals surface area contributed by atoms with Gasteiger partial charge in [-0.15, -0.1) is 0 Å². The molecule has 16 heavy (non-hydrogen) atoms. The Morgan fingerprint density at radius 1 is 1.06 bits per heavy atom. The summed E-state index contributed by atoms with van der Waals surface area (Å²) < 4.78 is 0. The van der Waals surface area contributed by atoms with E-state index in [1.165, 1.54) is 58.4 Å². The van der Waals surface area contributed by atoms with Crippen molar-refractivity contribution < 1.29 is 0 Å². The van der Waals surface area contributed by atoms with E-state index in [1.807, 2.05) is 0 Å². The molecule has 0 aromatic heterocycles. The first-order valence-electron chi connectivity index (χ1n) is 6.92. The highest BCUT2D eigenvalue weighted by molar-refractivity contribution is 5.12. The standard InChI is InChI=1S/C14H26N2/c1-3-14(12-15-8-4-5-9-15)13(2)16-10-6-7-11-16/h3,13H,4-12H2,1-2H3/b14-3-. The van der Waals surface area contributed by atoms with E-state index in [-0.39, 0.29) is 0 Å². The molecule has 2 nitrogen and oxygen atoms in total. The van der Waals surface area contributed by atoms with Crippen LogP contribution >= 0.6 is 0 Å². The van der Waals surface area contributed by atoms with Gasteiger partial charge in [-0.1, -0.05) is 6.08 Å². The first-order chi connectivity index (χ1) is 7.81. The average molecular weight is 222 g/mol. The van der Waals surface area contributed by atoms with E-state index in [4.69, 9.17) is 0 Å². The van der Waals surface area contributed by atoms with Gasteiger partial charge in [0.05, 0.1) is 0 Å². The second-order valence-corrected chi connectivity index (χ2v) is 5.27. The van der Waals surface area contributed by atoms with Crippen LogP contribution in [0.1, 0.15) is 39.5 Å². The lowest BCUT2D eigenvalue weighted by Gasteiger charge is -2.29. The predicted octanol–water partition coefficient (Wildman–Crippen LogP) is 2.51. The van der Waals surface area contributed by atoms with Crippen LogP contribution in [-0.2, 0) is 0 Å². The van der Waals surface area contributed by atoms with Gasteiger partial charge in [0.15, 0.2) is 0 Å². The number of likely N-dealkylation sites (tertiary alicyclic amines) is 2. The summed E-state index contributed by atoms with van der Waals surface area (Å²) in [6, 6.07) is 0.660. The molecule has 2 saturated heterocycles. The van der Waals surface area contributed by atoms with Crippen LogP contribution in [0.4, 0.5) is 0 Å². The van der Waals surface area contributed by atoms with E-state index < -0.39 is 0 Å². The van der Waals surface area contributed by atoms with Crippen molar-refractivity contribution in [1.82, 2.24) is 9.80 Å². The van der Waals surface area contributed by atoms with Crippen LogP contribution in [0.15, 0.2) is 11.6 Å². The van der Waals surface area contributed by atoms with Gasteiger partial charge in [0, 0.05) is 12.6 Å². The maximum Gasteiger partial charge on any atom is 0.0291 e. The minimum absolute atomic E-state index is 0.660. The van der Waals surface area contributed by atoms with E-state index >= 15 is 0 Å². The van der Waals surface area contributed by atoms with Crippen molar-refractivity contribution in [2.75, 3.05) is 32.7 Å². The van der Waals surface area contributed by atoms with Gasteiger partial charge in [-0.3, -0.25) is 9.80 Å². The highest BCUT2D eigenvalue weighted by atomic mass is 15.2. The molecule has 0 N–H and O–H groups in total. The van der Waals surface area contributed by atoms with Crippen molar-refractivity contribution in [3.63, 3.8) is 0 Å². The van der Waals surface area contributed by atoms with Gasteiger partial charge in [0.2, 0.25) is 0 Å². The van der Waals surface area contributed by atoms with Crippen molar-refractivity contribution in [2.24, 2.45) is 0 Å². The lowest BCUT2D eigenvalue weighted by molar-refractivity contribution is 0.267. The lowest BCUT2D eigenvalue weighted by Crippen LogP contribution is -2.36. The van der Waals surface area contributed by atoms with Crippen LogP contribution < -0.4 is 0 Å². The number of rotatable bonds is 4. The number of hydrogen-bond donors (Lipinski definition) is 0. The van der Waals surface area contributed by atoms with Gasteiger partial charge < -0.3 is 0 Å². The molecule has 0 aromatic carbocycles. The Hall–Kier alpha value is -0.340. The smallest absolute Gasteiger partial charge is 0.0291 e. The minimum atomic E-state index is 0.660. The van der Waals surface area contributed by atoms with Gasteiger partial charge in [-0.05, 0) is 71.3 Å². The first kappa shape index (κ1) is 12.1. The third-order valence-corrected chi connectivity index (χ3v) is 4.20. The predicted molar refractivity (Wildman–Crippen MR) is 69.7 cm³/mol. The molecular weight excluding hydrogens is 196 g/mol. The molecule has 0 aliphatic carbocycles. The summed E-state index contributed by atoms with van der Waals surface area (Å²) in [5, 5.41) is 0. The molecule has 1 atom stereocenters. The summed E-state index contributed by atoms with van der Waals surface area (Å²) in [6.45, 7) is 11.0. The van der Waals surface area contributed by atoms with Crippen LogP contribution in [0.25, 0.3) is 0 Å². The molecule has 2 heterocycles. The van der Waals surface area contributed by atoms with Crippen LogP contribution in [0.3, 0.4) is 0 Å². The fourth-order valence-electron chi connectivity index (χ4n) is 3.03. The maximum absolute atomic E-state index is 2.64. The van der Waals surface area contributed by atoms with Crippen molar-refractivity contribution in [3.05, 3.63) is 11.6 Å². The monoisotopic (exact) mass is 222 g/mol. The number of hydrogen-bond acceptors (Lipinski definition) is 2. The van der Waals surface area contributed by atoms with Gasteiger partial charge in [0.25, 0.3) is 0 Å². The zero-order valence-corrected chi connectivity index (χ0v) is 10.9. The van der Waals surface area contributed by atoms with Gasteiger partial charge in [-0.2, -0.15) is 0 Å². The van der Waals surface area contributed by atoms with E-state index in [9.17, 15) is 0 Å². The highest BCUT2D eigenvalue weighted by Gasteiger charge is 2.22. The lowest BCUT2D eigenvalue weighted by atomic mass is 10.1. The van der Waals surface area contributed by atoms with Gasteiger partial charge in [0.1, 0.15) is 0 Å². The molecule has 0 aromatic rings. The Kier molecular flexibility index (Phi) is 4.42. The quantitative estimate of drug-likeness (QED) is 0.674. The van der Waals surface area contributed by atoms with E-state index in [1.54, 1.807) is 5.57 Å². The topological polar surface area (TPSA) is 6.48 Å². The van der Waals surface area contributed by atoms with Gasteiger partial charge in [-0.25, -0.2) is 0 Å². The van der Waals surface area contributed by atoms with Crippen LogP contribution in [-0.4, -0.2) is 48.6 Å². The van der Waals surface area contributed by atoms with Gasteiger partial charge >= 0.3 is 0 Å². The summed E-state index contributed by atoms with van der Waals surface area (Å²) in [5.41, 5.74) is 1.63. The van der Waals surface area contributed by atoms with E-state index in [0.29, 0.717) is 6.04 Å². The Morgan fingerprint density at radius 3 is 2.19 bits per heavy atom. The van der Waals surface area contributed by atoms with E-state index in [2.05, 4.69) is 29.7 Å². The largest absolute Gasteiger partial charge is 0.299 e. The average Bonchev–Trinajstić information content (AvgIpc) is 2.97. The van der Waals surface area contributed by atoms with Crippen molar-refractivity contribution in [3.8, 4) is 0 Å². The highest BCUT2D eigenvalue weighted by Crippen LogP contribution is 2.19. The van der Waals surface area contributed by atoms with Crippen molar-refractivity contribution in [1.29, 1.82) is 0 Å². The molecule has 2 aliphatic heterocycles. The van der Waals surface area contributed by atoms with Crippen LogP contribution in [0, 0.1) is 0 Å². The molecule has 0 amide bonds. The molecule has 0 bridgehead atoms. The SMILES string of the molecule is C/C=C(/CN1CCCC1)C(C)N1CCCC1. The summed E-state index contributed by atoms with van der Waals surface area (Å²) in [4.78, 5) is 5.26. The minimum Gasteiger partial charge on any atom is -0.299 e. The summed E-state index contributed by atoms with van der Waals surface area (Å²) in [5.74, 6) is 0. The van der Waals surface area contributed by atoms with Crippen molar-refractivity contribution in [2.45, 2.75) is 45.6 Å². The Labute approximate surface area is 100 Å². The van der Waals surface area contributed by atoms with Crippen LogP contribution in [0.2, 0.25) is 0 Å². The summed E-state index contributed by atoms with van der Waals surface area (Å²) >= 11 is 0. The number of nitrogens with zero attached hydrogens (tertiary/aromatic N) is 2. The maximum atomic E-state index is 2.64. The third-order valence-electron chi connectivity index (χ3n) is 4.20. The molecule has 2 rings (SSSR count). The second-order valence-electron chi connectivity index (χ2n) is 5.27. The summed E-state index contributed by atoms with van der Waals surface area (Å²) in [7, 11) is 0. The van der Waals surface area contributed by atoms with Crippen molar-refractivity contribution >= 4 is 0 Å². The molecule has 2 aliphatic rings. The molecule has 92 valence electrons. The third kappa shape index (κ3) is 2.86. The Balaban J connectivity index is 1.88. The molecule has 2 fully saturated rings.